The molecule has 13 heavy (non-hydrogen) atoms. The molecule has 78 valence electrons. The number of hydrogen-bond acceptors (Lipinski definition) is 3. The molecule has 0 radical (unpaired) electrons. The molecule has 0 aromatic carbocycles. The Balaban J connectivity index is 3.82. The zero-order chi connectivity index (χ0) is 10.3. The quantitative estimate of drug-likeness (QED) is 0.591. The smallest absolute Gasteiger partial charge is 0.309 e. The molecule has 0 aliphatic carbocycles. The van der Waals surface area contributed by atoms with Crippen molar-refractivity contribution in [2.75, 3.05) is 26.2 Å². The molecule has 0 N–H and O–H groups in total. The Morgan fingerprint density at radius 1 is 1.31 bits per heavy atom. The minimum Gasteiger partial charge on any atom is -0.466 e. The lowest BCUT2D eigenvalue weighted by atomic mass is 10.1. The highest BCUT2D eigenvalue weighted by Gasteiger charge is 2.15. The maximum absolute atomic E-state index is 11.3. The Bertz CT molecular complexity index is 144. The van der Waals surface area contributed by atoms with Crippen LogP contribution in [-0.2, 0) is 9.53 Å². The SMILES string of the molecule is CCOC(=O)C(C)CN(CC)CC. The molecule has 0 heterocycles. The summed E-state index contributed by atoms with van der Waals surface area (Å²) in [6.45, 7) is 11.2. The van der Waals surface area contributed by atoms with Crippen LogP contribution in [0.25, 0.3) is 0 Å². The fraction of sp³-hybridized carbons (Fsp3) is 0.900. The molecule has 1 unspecified atom stereocenters. The first-order chi connectivity index (χ1) is 6.15. The normalized spacial score (nSPS) is 13.0. The van der Waals surface area contributed by atoms with Gasteiger partial charge in [-0.15, -0.1) is 0 Å². The number of carbonyl (C=O) groups is 1. The van der Waals surface area contributed by atoms with Gasteiger partial charge in [0.25, 0.3) is 0 Å². The predicted octanol–water partition coefficient (Wildman–Crippen LogP) is 1.53. The van der Waals surface area contributed by atoms with Gasteiger partial charge < -0.3 is 9.64 Å². The summed E-state index contributed by atoms with van der Waals surface area (Å²) in [4.78, 5) is 13.5. The minimum absolute atomic E-state index is 0.0140. The van der Waals surface area contributed by atoms with Crippen molar-refractivity contribution >= 4 is 5.97 Å². The zero-order valence-corrected chi connectivity index (χ0v) is 9.17. The second-order valence-corrected chi connectivity index (χ2v) is 3.14. The van der Waals surface area contributed by atoms with E-state index in [4.69, 9.17) is 4.74 Å². The molecule has 0 spiro atoms. The van der Waals surface area contributed by atoms with E-state index in [1.165, 1.54) is 0 Å². The van der Waals surface area contributed by atoms with Crippen LogP contribution >= 0.6 is 0 Å². The molecule has 0 aliphatic rings. The summed E-state index contributed by atoms with van der Waals surface area (Å²) in [5.41, 5.74) is 0. The fourth-order valence-corrected chi connectivity index (χ4v) is 1.23. The molecule has 0 bridgehead atoms. The third-order valence-electron chi connectivity index (χ3n) is 2.12. The highest BCUT2D eigenvalue weighted by Crippen LogP contribution is 2.02. The maximum atomic E-state index is 11.3. The van der Waals surface area contributed by atoms with Crippen molar-refractivity contribution in [2.24, 2.45) is 5.92 Å². The van der Waals surface area contributed by atoms with Crippen LogP contribution < -0.4 is 0 Å². The molecular formula is C10H21NO2. The lowest BCUT2D eigenvalue weighted by molar-refractivity contribution is -0.148. The van der Waals surface area contributed by atoms with Gasteiger partial charge >= 0.3 is 5.97 Å². The summed E-state index contributed by atoms with van der Waals surface area (Å²) in [6, 6.07) is 0. The van der Waals surface area contributed by atoms with Gasteiger partial charge in [0.2, 0.25) is 0 Å². The molecule has 0 saturated heterocycles. The highest BCUT2D eigenvalue weighted by molar-refractivity contribution is 5.72. The molecular weight excluding hydrogens is 166 g/mol. The van der Waals surface area contributed by atoms with E-state index in [0.717, 1.165) is 19.6 Å². The lowest BCUT2D eigenvalue weighted by Gasteiger charge is -2.21. The summed E-state index contributed by atoms with van der Waals surface area (Å²) in [5, 5.41) is 0. The molecule has 3 nitrogen and oxygen atoms in total. The lowest BCUT2D eigenvalue weighted by Crippen LogP contribution is -2.32. The van der Waals surface area contributed by atoms with E-state index in [1.807, 2.05) is 13.8 Å². The first-order valence-electron chi connectivity index (χ1n) is 5.04. The molecule has 0 aromatic heterocycles. The van der Waals surface area contributed by atoms with E-state index in [-0.39, 0.29) is 11.9 Å². The van der Waals surface area contributed by atoms with Gasteiger partial charge in [-0.2, -0.15) is 0 Å². The number of hydrogen-bond donors (Lipinski definition) is 0. The van der Waals surface area contributed by atoms with E-state index < -0.39 is 0 Å². The molecule has 0 amide bonds. The van der Waals surface area contributed by atoms with Crippen molar-refractivity contribution < 1.29 is 9.53 Å². The van der Waals surface area contributed by atoms with Crippen molar-refractivity contribution in [1.29, 1.82) is 0 Å². The maximum Gasteiger partial charge on any atom is 0.309 e. The number of carbonyl (C=O) groups excluding carboxylic acids is 1. The van der Waals surface area contributed by atoms with Gasteiger partial charge in [-0.3, -0.25) is 4.79 Å². The van der Waals surface area contributed by atoms with E-state index in [2.05, 4.69) is 18.7 Å². The Hall–Kier alpha value is -0.570. The standard InChI is InChI=1S/C10H21NO2/c1-5-11(6-2)8-9(4)10(12)13-7-3/h9H,5-8H2,1-4H3. The molecule has 1 atom stereocenters. The number of esters is 1. The van der Waals surface area contributed by atoms with Gasteiger partial charge in [0, 0.05) is 6.54 Å². The fourth-order valence-electron chi connectivity index (χ4n) is 1.23. The molecule has 3 heteroatoms. The van der Waals surface area contributed by atoms with Crippen molar-refractivity contribution in [3.05, 3.63) is 0 Å². The second-order valence-electron chi connectivity index (χ2n) is 3.14. The third-order valence-corrected chi connectivity index (χ3v) is 2.12. The highest BCUT2D eigenvalue weighted by atomic mass is 16.5. The van der Waals surface area contributed by atoms with Crippen LogP contribution in [0.1, 0.15) is 27.7 Å². The van der Waals surface area contributed by atoms with Gasteiger partial charge in [-0.05, 0) is 20.0 Å². The Kier molecular flexibility index (Phi) is 6.59. The summed E-state index contributed by atoms with van der Waals surface area (Å²) >= 11 is 0. The number of nitrogens with zero attached hydrogens (tertiary/aromatic N) is 1. The van der Waals surface area contributed by atoms with E-state index in [0.29, 0.717) is 6.61 Å². The van der Waals surface area contributed by atoms with Crippen molar-refractivity contribution in [2.45, 2.75) is 27.7 Å². The van der Waals surface area contributed by atoms with Crippen LogP contribution in [-0.4, -0.2) is 37.1 Å². The average molecular weight is 187 g/mol. The largest absolute Gasteiger partial charge is 0.466 e. The van der Waals surface area contributed by atoms with Gasteiger partial charge in [-0.1, -0.05) is 20.8 Å². The average Bonchev–Trinajstić information content (AvgIpc) is 2.14. The third kappa shape index (κ3) is 4.88. The van der Waals surface area contributed by atoms with Crippen LogP contribution in [0, 0.1) is 5.92 Å². The van der Waals surface area contributed by atoms with E-state index in [1.54, 1.807) is 0 Å². The first kappa shape index (κ1) is 12.4. The minimum atomic E-state index is -0.0885. The van der Waals surface area contributed by atoms with Gasteiger partial charge in [-0.25, -0.2) is 0 Å². The van der Waals surface area contributed by atoms with E-state index in [9.17, 15) is 4.79 Å². The van der Waals surface area contributed by atoms with Crippen LogP contribution in [0.5, 0.6) is 0 Å². The molecule has 0 saturated carbocycles. The Labute approximate surface area is 81.1 Å². The zero-order valence-electron chi connectivity index (χ0n) is 9.17. The van der Waals surface area contributed by atoms with Crippen LogP contribution in [0.2, 0.25) is 0 Å². The number of rotatable bonds is 6. The summed E-state index contributed by atoms with van der Waals surface area (Å²) < 4.78 is 4.93. The second kappa shape index (κ2) is 6.89. The van der Waals surface area contributed by atoms with Crippen LogP contribution in [0.15, 0.2) is 0 Å². The summed E-state index contributed by atoms with van der Waals surface area (Å²) in [7, 11) is 0. The van der Waals surface area contributed by atoms with Crippen LogP contribution in [0.4, 0.5) is 0 Å². The van der Waals surface area contributed by atoms with Gasteiger partial charge in [0.1, 0.15) is 0 Å². The Morgan fingerprint density at radius 3 is 2.23 bits per heavy atom. The molecule has 0 aliphatic heterocycles. The monoisotopic (exact) mass is 187 g/mol. The number of ether oxygens (including phenoxy) is 1. The Morgan fingerprint density at radius 2 is 1.85 bits per heavy atom. The van der Waals surface area contributed by atoms with Crippen molar-refractivity contribution in [3.8, 4) is 0 Å². The predicted molar refractivity (Wildman–Crippen MR) is 53.6 cm³/mol. The van der Waals surface area contributed by atoms with Crippen LogP contribution in [0.3, 0.4) is 0 Å². The van der Waals surface area contributed by atoms with Gasteiger partial charge in [0.05, 0.1) is 12.5 Å². The topological polar surface area (TPSA) is 29.5 Å². The summed E-state index contributed by atoms with van der Waals surface area (Å²) in [6.07, 6.45) is 0. The molecule has 0 fully saturated rings. The van der Waals surface area contributed by atoms with Gasteiger partial charge in [0.15, 0.2) is 0 Å². The summed E-state index contributed by atoms with van der Waals surface area (Å²) in [5.74, 6) is -0.103. The first-order valence-corrected chi connectivity index (χ1v) is 5.04. The molecule has 0 rings (SSSR count). The molecule has 0 aromatic rings. The van der Waals surface area contributed by atoms with Crippen molar-refractivity contribution in [1.82, 2.24) is 4.90 Å². The van der Waals surface area contributed by atoms with E-state index >= 15 is 0 Å². The van der Waals surface area contributed by atoms with Crippen molar-refractivity contribution in [3.63, 3.8) is 0 Å².